The van der Waals surface area contributed by atoms with Gasteiger partial charge in [-0.3, -0.25) is 14.5 Å². The minimum Gasteiger partial charge on any atom is -0.292 e. The lowest BCUT2D eigenvalue weighted by molar-refractivity contribution is -0.123. The van der Waals surface area contributed by atoms with Gasteiger partial charge in [-0.2, -0.15) is 0 Å². The number of rotatable bonds is 2. The maximum Gasteiger partial charge on any atom is 0.251 e. The van der Waals surface area contributed by atoms with E-state index in [-0.39, 0.29) is 30.1 Å². The van der Waals surface area contributed by atoms with Crippen molar-refractivity contribution >= 4 is 17.5 Å². The molecule has 4 nitrogen and oxygen atoms in total. The molecule has 0 spiro atoms. The first-order valence-electron chi connectivity index (χ1n) is 7.42. The molecule has 112 valence electrons. The van der Waals surface area contributed by atoms with Crippen molar-refractivity contribution < 1.29 is 14.0 Å². The van der Waals surface area contributed by atoms with E-state index in [2.05, 4.69) is 11.8 Å². The quantitative estimate of drug-likeness (QED) is 0.784. The molecular formula is C16H19FN2O2. The van der Waals surface area contributed by atoms with E-state index in [9.17, 15) is 14.0 Å². The van der Waals surface area contributed by atoms with Gasteiger partial charge in [-0.15, -0.1) is 0 Å². The first-order chi connectivity index (χ1) is 10.1. The number of carbonyl (C=O) groups is 2. The Morgan fingerprint density at radius 3 is 2.33 bits per heavy atom. The first-order valence-corrected chi connectivity index (χ1v) is 7.42. The van der Waals surface area contributed by atoms with E-state index in [4.69, 9.17) is 0 Å². The predicted octanol–water partition coefficient (Wildman–Crippen LogP) is 2.19. The zero-order valence-corrected chi connectivity index (χ0v) is 12.1. The van der Waals surface area contributed by atoms with Gasteiger partial charge in [0.2, 0.25) is 5.91 Å². The van der Waals surface area contributed by atoms with E-state index in [1.807, 2.05) is 0 Å². The minimum atomic E-state index is -0.376. The van der Waals surface area contributed by atoms with Crippen LogP contribution < -0.4 is 4.90 Å². The first kappa shape index (κ1) is 14.2. The Morgan fingerprint density at radius 1 is 1.10 bits per heavy atom. The Balaban J connectivity index is 1.77. The number of piperidine rings is 1. The normalized spacial score (nSPS) is 24.9. The molecule has 2 heterocycles. The third kappa shape index (κ3) is 2.70. The molecule has 1 aromatic carbocycles. The van der Waals surface area contributed by atoms with Crippen LogP contribution in [-0.4, -0.2) is 35.8 Å². The van der Waals surface area contributed by atoms with Crippen molar-refractivity contribution in [3.8, 4) is 0 Å². The van der Waals surface area contributed by atoms with Crippen LogP contribution in [0, 0.1) is 11.7 Å². The highest BCUT2D eigenvalue weighted by molar-refractivity contribution is 6.22. The van der Waals surface area contributed by atoms with Gasteiger partial charge in [0.15, 0.2) is 0 Å². The number of anilines is 1. The molecule has 0 saturated carbocycles. The number of benzene rings is 1. The number of imide groups is 1. The summed E-state index contributed by atoms with van der Waals surface area (Å²) in [5.74, 6) is -0.0718. The predicted molar refractivity (Wildman–Crippen MR) is 77.3 cm³/mol. The van der Waals surface area contributed by atoms with E-state index in [0.717, 1.165) is 25.9 Å². The van der Waals surface area contributed by atoms with Gasteiger partial charge < -0.3 is 0 Å². The highest BCUT2D eigenvalue weighted by atomic mass is 19.1. The van der Waals surface area contributed by atoms with Crippen molar-refractivity contribution in [2.75, 3.05) is 18.0 Å². The van der Waals surface area contributed by atoms with Crippen LogP contribution in [-0.2, 0) is 9.59 Å². The molecular weight excluding hydrogens is 271 g/mol. The lowest BCUT2D eigenvalue weighted by Gasteiger charge is -2.33. The highest BCUT2D eigenvalue weighted by Crippen LogP contribution is 2.28. The molecule has 2 fully saturated rings. The van der Waals surface area contributed by atoms with Gasteiger partial charge in [-0.25, -0.2) is 9.29 Å². The molecule has 2 amide bonds. The molecule has 0 aromatic heterocycles. The molecule has 0 aliphatic carbocycles. The van der Waals surface area contributed by atoms with E-state index in [0.29, 0.717) is 11.6 Å². The molecule has 0 bridgehead atoms. The monoisotopic (exact) mass is 290 g/mol. The summed E-state index contributed by atoms with van der Waals surface area (Å²) >= 11 is 0. The SMILES string of the molecule is CC1CCN([C@@H]2CC(=O)N(c3ccc(F)cc3)C2=O)CC1. The third-order valence-electron chi connectivity index (χ3n) is 4.47. The molecule has 2 saturated heterocycles. The summed E-state index contributed by atoms with van der Waals surface area (Å²) in [4.78, 5) is 28.0. The molecule has 5 heteroatoms. The van der Waals surface area contributed by atoms with Gasteiger partial charge in [-0.05, 0) is 56.1 Å². The maximum atomic E-state index is 13.0. The zero-order chi connectivity index (χ0) is 15.0. The Hall–Kier alpha value is -1.75. The van der Waals surface area contributed by atoms with Crippen molar-refractivity contribution in [2.24, 2.45) is 5.92 Å². The summed E-state index contributed by atoms with van der Waals surface area (Å²) in [6.45, 7) is 3.94. The van der Waals surface area contributed by atoms with Gasteiger partial charge in [0.1, 0.15) is 5.82 Å². The van der Waals surface area contributed by atoms with Gasteiger partial charge in [-0.1, -0.05) is 6.92 Å². The second-order valence-electron chi connectivity index (χ2n) is 5.98. The molecule has 2 aliphatic rings. The van der Waals surface area contributed by atoms with E-state index in [1.165, 1.54) is 29.2 Å². The summed E-state index contributed by atoms with van der Waals surface area (Å²) < 4.78 is 13.0. The standard InChI is InChI=1S/C16H19FN2O2/c1-11-6-8-18(9-7-11)14-10-15(20)19(16(14)21)13-4-2-12(17)3-5-13/h2-5,11,14H,6-10H2,1H3/t14-/m1/s1. The zero-order valence-electron chi connectivity index (χ0n) is 12.1. The van der Waals surface area contributed by atoms with Gasteiger partial charge in [0.05, 0.1) is 18.2 Å². The number of halogens is 1. The van der Waals surface area contributed by atoms with E-state index >= 15 is 0 Å². The van der Waals surface area contributed by atoms with Crippen LogP contribution in [0.1, 0.15) is 26.2 Å². The minimum absolute atomic E-state index is 0.179. The third-order valence-corrected chi connectivity index (χ3v) is 4.47. The summed E-state index contributed by atoms with van der Waals surface area (Å²) in [5, 5.41) is 0. The van der Waals surface area contributed by atoms with Crippen LogP contribution in [0.4, 0.5) is 10.1 Å². The summed E-state index contributed by atoms with van der Waals surface area (Å²) in [7, 11) is 0. The number of likely N-dealkylation sites (tertiary alicyclic amines) is 1. The second-order valence-corrected chi connectivity index (χ2v) is 5.98. The second kappa shape index (κ2) is 5.56. The van der Waals surface area contributed by atoms with Gasteiger partial charge >= 0.3 is 0 Å². The van der Waals surface area contributed by atoms with Gasteiger partial charge in [0.25, 0.3) is 5.91 Å². The number of hydrogen-bond donors (Lipinski definition) is 0. The smallest absolute Gasteiger partial charge is 0.251 e. The molecule has 3 rings (SSSR count). The van der Waals surface area contributed by atoms with Crippen LogP contribution in [0.25, 0.3) is 0 Å². The Labute approximate surface area is 123 Å². The fourth-order valence-corrected chi connectivity index (χ4v) is 3.10. The van der Waals surface area contributed by atoms with Gasteiger partial charge in [0, 0.05) is 0 Å². The highest BCUT2D eigenvalue weighted by Gasteiger charge is 2.43. The Kier molecular flexibility index (Phi) is 3.76. The molecule has 1 atom stereocenters. The summed E-state index contributed by atoms with van der Waals surface area (Å²) in [6.07, 6.45) is 2.35. The number of hydrogen-bond acceptors (Lipinski definition) is 3. The topological polar surface area (TPSA) is 40.6 Å². The van der Waals surface area contributed by atoms with Crippen molar-refractivity contribution in [2.45, 2.75) is 32.2 Å². The average molecular weight is 290 g/mol. The lowest BCUT2D eigenvalue weighted by Crippen LogP contribution is -2.45. The fourth-order valence-electron chi connectivity index (χ4n) is 3.10. The summed E-state index contributed by atoms with van der Waals surface area (Å²) in [6, 6.07) is 5.14. The largest absolute Gasteiger partial charge is 0.292 e. The number of nitrogens with zero attached hydrogens (tertiary/aromatic N) is 2. The van der Waals surface area contributed by atoms with Crippen LogP contribution in [0.3, 0.4) is 0 Å². The van der Waals surface area contributed by atoms with E-state index in [1.54, 1.807) is 0 Å². The van der Waals surface area contributed by atoms with Crippen LogP contribution >= 0.6 is 0 Å². The molecule has 21 heavy (non-hydrogen) atoms. The van der Waals surface area contributed by atoms with Crippen LogP contribution in [0.5, 0.6) is 0 Å². The van der Waals surface area contributed by atoms with Crippen LogP contribution in [0.2, 0.25) is 0 Å². The van der Waals surface area contributed by atoms with Crippen molar-refractivity contribution in [1.29, 1.82) is 0 Å². The Bertz CT molecular complexity index is 550. The fraction of sp³-hybridized carbons (Fsp3) is 0.500. The number of amides is 2. The van der Waals surface area contributed by atoms with Crippen molar-refractivity contribution in [3.63, 3.8) is 0 Å². The molecule has 0 radical (unpaired) electrons. The van der Waals surface area contributed by atoms with Crippen molar-refractivity contribution in [3.05, 3.63) is 30.1 Å². The molecule has 1 aromatic rings. The van der Waals surface area contributed by atoms with E-state index < -0.39 is 0 Å². The molecule has 0 N–H and O–H groups in total. The average Bonchev–Trinajstić information content (AvgIpc) is 2.76. The lowest BCUT2D eigenvalue weighted by atomic mass is 9.97. The summed E-state index contributed by atoms with van der Waals surface area (Å²) in [5.41, 5.74) is 0.458. The van der Waals surface area contributed by atoms with Crippen LogP contribution in [0.15, 0.2) is 24.3 Å². The number of carbonyl (C=O) groups excluding carboxylic acids is 2. The van der Waals surface area contributed by atoms with Crippen molar-refractivity contribution in [1.82, 2.24) is 4.90 Å². The Morgan fingerprint density at radius 2 is 1.71 bits per heavy atom. The molecule has 0 unspecified atom stereocenters. The maximum absolute atomic E-state index is 13.0. The molecule has 2 aliphatic heterocycles.